The average Bonchev–Trinajstić information content (AvgIpc) is 1.94. The van der Waals surface area contributed by atoms with Crippen LogP contribution in [-0.2, 0) is 0 Å². The quantitative estimate of drug-likeness (QED) is 0.515. The predicted octanol–water partition coefficient (Wildman–Crippen LogP) is 4.36. The maximum Gasteiger partial charge on any atom is -0.0348 e. The SMILES string of the molecule is [CH]=CCCCCCCC(C)(C)C. The summed E-state index contributed by atoms with van der Waals surface area (Å²) in [6, 6.07) is 0. The molecule has 0 heteroatoms. The Morgan fingerprint density at radius 3 is 2.08 bits per heavy atom. The summed E-state index contributed by atoms with van der Waals surface area (Å²) < 4.78 is 0. The van der Waals surface area contributed by atoms with Crippen LogP contribution in [0.25, 0.3) is 0 Å². The number of hydrogen-bond acceptors (Lipinski definition) is 0. The minimum atomic E-state index is 0.514. The van der Waals surface area contributed by atoms with Crippen molar-refractivity contribution in [2.45, 2.75) is 59.3 Å². The molecule has 0 fully saturated rings. The largest absolute Gasteiger partial charge is 0.0845 e. The first-order chi connectivity index (χ1) is 5.56. The van der Waals surface area contributed by atoms with Crippen molar-refractivity contribution in [2.75, 3.05) is 0 Å². The summed E-state index contributed by atoms with van der Waals surface area (Å²) in [7, 11) is 0. The molecule has 0 heterocycles. The first-order valence-electron chi connectivity index (χ1n) is 5.10. The number of rotatable bonds is 6. The molecule has 0 aliphatic carbocycles. The zero-order valence-electron chi connectivity index (χ0n) is 8.90. The minimum absolute atomic E-state index is 0.514. The highest BCUT2D eigenvalue weighted by Gasteiger charge is 2.08. The van der Waals surface area contributed by atoms with E-state index in [0.29, 0.717) is 5.41 Å². The van der Waals surface area contributed by atoms with Crippen LogP contribution < -0.4 is 0 Å². The maximum absolute atomic E-state index is 5.29. The fourth-order valence-corrected chi connectivity index (χ4v) is 1.27. The van der Waals surface area contributed by atoms with Crippen molar-refractivity contribution in [3.8, 4) is 0 Å². The Morgan fingerprint density at radius 2 is 1.58 bits per heavy atom. The molecule has 0 aromatic heterocycles. The lowest BCUT2D eigenvalue weighted by molar-refractivity contribution is 0.357. The summed E-state index contributed by atoms with van der Waals surface area (Å²) in [6.45, 7) is 12.2. The van der Waals surface area contributed by atoms with Crippen molar-refractivity contribution in [3.63, 3.8) is 0 Å². The molecule has 0 spiro atoms. The first kappa shape index (κ1) is 11.7. The second-order valence-corrected chi connectivity index (χ2v) is 4.75. The Balaban J connectivity index is 3.06. The van der Waals surface area contributed by atoms with Crippen molar-refractivity contribution >= 4 is 0 Å². The number of unbranched alkanes of at least 4 members (excludes halogenated alkanes) is 4. The van der Waals surface area contributed by atoms with Gasteiger partial charge in [0.15, 0.2) is 0 Å². The van der Waals surface area contributed by atoms with E-state index in [1.54, 1.807) is 6.08 Å². The van der Waals surface area contributed by atoms with Crippen LogP contribution in [0, 0.1) is 12.0 Å². The van der Waals surface area contributed by atoms with E-state index in [1.165, 1.54) is 32.1 Å². The van der Waals surface area contributed by atoms with Gasteiger partial charge in [-0.05, 0) is 24.7 Å². The van der Waals surface area contributed by atoms with Crippen molar-refractivity contribution in [1.29, 1.82) is 0 Å². The van der Waals surface area contributed by atoms with Gasteiger partial charge in [0, 0.05) is 0 Å². The Morgan fingerprint density at radius 1 is 1.00 bits per heavy atom. The molecule has 0 aromatic rings. The highest BCUT2D eigenvalue weighted by molar-refractivity contribution is 4.63. The van der Waals surface area contributed by atoms with Crippen LogP contribution in [-0.4, -0.2) is 0 Å². The van der Waals surface area contributed by atoms with Crippen LogP contribution in [0.5, 0.6) is 0 Å². The van der Waals surface area contributed by atoms with Crippen molar-refractivity contribution < 1.29 is 0 Å². The summed E-state index contributed by atoms with van der Waals surface area (Å²) >= 11 is 0. The van der Waals surface area contributed by atoms with Gasteiger partial charge in [-0.1, -0.05) is 52.7 Å². The van der Waals surface area contributed by atoms with Gasteiger partial charge in [-0.15, -0.1) is 0 Å². The van der Waals surface area contributed by atoms with E-state index in [1.807, 2.05) is 0 Å². The monoisotopic (exact) mass is 167 g/mol. The van der Waals surface area contributed by atoms with Crippen LogP contribution in [0.2, 0.25) is 0 Å². The Labute approximate surface area is 78.1 Å². The smallest absolute Gasteiger partial charge is 0.0348 e. The maximum atomic E-state index is 5.29. The third-order valence-corrected chi connectivity index (χ3v) is 2.05. The van der Waals surface area contributed by atoms with Gasteiger partial charge < -0.3 is 0 Å². The third kappa shape index (κ3) is 9.74. The molecule has 0 bridgehead atoms. The predicted molar refractivity (Wildman–Crippen MR) is 56.0 cm³/mol. The zero-order chi connectivity index (χ0) is 9.45. The molecule has 1 radical (unpaired) electrons. The Kier molecular flexibility index (Phi) is 6.14. The lowest BCUT2D eigenvalue weighted by Gasteiger charge is -2.17. The summed E-state index contributed by atoms with van der Waals surface area (Å²) in [5.41, 5.74) is 0.514. The van der Waals surface area contributed by atoms with Gasteiger partial charge in [0.1, 0.15) is 0 Å². The molecule has 0 N–H and O–H groups in total. The molecular formula is C12H23. The second kappa shape index (κ2) is 6.28. The van der Waals surface area contributed by atoms with Gasteiger partial charge >= 0.3 is 0 Å². The third-order valence-electron chi connectivity index (χ3n) is 2.05. The summed E-state index contributed by atoms with van der Waals surface area (Å²) in [5.74, 6) is 0. The van der Waals surface area contributed by atoms with E-state index in [2.05, 4.69) is 20.8 Å². The first-order valence-corrected chi connectivity index (χ1v) is 5.10. The normalized spacial score (nSPS) is 11.6. The van der Waals surface area contributed by atoms with Crippen molar-refractivity contribution in [3.05, 3.63) is 12.7 Å². The van der Waals surface area contributed by atoms with E-state index in [0.717, 1.165) is 6.42 Å². The minimum Gasteiger partial charge on any atom is -0.0845 e. The molecule has 0 atom stereocenters. The summed E-state index contributed by atoms with van der Waals surface area (Å²) in [4.78, 5) is 0. The lowest BCUT2D eigenvalue weighted by Crippen LogP contribution is -2.03. The van der Waals surface area contributed by atoms with Crippen LogP contribution in [0.4, 0.5) is 0 Å². The van der Waals surface area contributed by atoms with E-state index in [4.69, 9.17) is 6.58 Å². The van der Waals surface area contributed by atoms with Gasteiger partial charge in [-0.25, -0.2) is 0 Å². The zero-order valence-corrected chi connectivity index (χ0v) is 8.90. The molecule has 0 aliphatic heterocycles. The molecule has 0 amide bonds. The molecule has 0 unspecified atom stereocenters. The molecule has 0 aromatic carbocycles. The fourth-order valence-electron chi connectivity index (χ4n) is 1.27. The highest BCUT2D eigenvalue weighted by atomic mass is 14.1. The molecule has 0 aliphatic rings. The van der Waals surface area contributed by atoms with E-state index >= 15 is 0 Å². The van der Waals surface area contributed by atoms with Crippen LogP contribution >= 0.6 is 0 Å². The molecule has 0 nitrogen and oxygen atoms in total. The van der Waals surface area contributed by atoms with Crippen molar-refractivity contribution in [2.24, 2.45) is 5.41 Å². The molecule has 0 rings (SSSR count). The fraction of sp³-hybridized carbons (Fsp3) is 0.833. The van der Waals surface area contributed by atoms with Gasteiger partial charge in [-0.2, -0.15) is 0 Å². The average molecular weight is 167 g/mol. The molecule has 71 valence electrons. The van der Waals surface area contributed by atoms with Gasteiger partial charge in [-0.3, -0.25) is 0 Å². The number of hydrogen-bond donors (Lipinski definition) is 0. The van der Waals surface area contributed by atoms with Crippen molar-refractivity contribution in [1.82, 2.24) is 0 Å². The standard InChI is InChI=1S/C12H23/c1-5-6-7-8-9-10-11-12(2,3)4/h1,5H,6-11H2,2-4H3. The van der Waals surface area contributed by atoms with E-state index < -0.39 is 0 Å². The highest BCUT2D eigenvalue weighted by Crippen LogP contribution is 2.22. The Bertz CT molecular complexity index is 106. The number of allylic oxidation sites excluding steroid dienone is 1. The van der Waals surface area contributed by atoms with Gasteiger partial charge in [0.25, 0.3) is 0 Å². The van der Waals surface area contributed by atoms with Gasteiger partial charge in [0.05, 0.1) is 0 Å². The van der Waals surface area contributed by atoms with Gasteiger partial charge in [0.2, 0.25) is 0 Å². The van der Waals surface area contributed by atoms with Crippen LogP contribution in [0.3, 0.4) is 0 Å². The topological polar surface area (TPSA) is 0 Å². The van der Waals surface area contributed by atoms with E-state index in [9.17, 15) is 0 Å². The molecule has 0 saturated carbocycles. The second-order valence-electron chi connectivity index (χ2n) is 4.75. The Hall–Kier alpha value is -0.260. The van der Waals surface area contributed by atoms with E-state index in [-0.39, 0.29) is 0 Å². The molecular weight excluding hydrogens is 144 g/mol. The summed E-state index contributed by atoms with van der Waals surface area (Å²) in [5, 5.41) is 0. The molecule has 0 saturated heterocycles. The lowest BCUT2D eigenvalue weighted by atomic mass is 9.89. The molecule has 12 heavy (non-hydrogen) atoms. The summed E-state index contributed by atoms with van der Waals surface area (Å²) in [6.07, 6.45) is 9.53. The van der Waals surface area contributed by atoms with Crippen LogP contribution in [0.15, 0.2) is 6.08 Å². The van der Waals surface area contributed by atoms with Crippen LogP contribution in [0.1, 0.15) is 59.3 Å².